The molecule has 3 nitrogen and oxygen atoms in total. The Balaban J connectivity index is 1.61. The summed E-state index contributed by atoms with van der Waals surface area (Å²) in [6.07, 6.45) is 0.835. The number of benzene rings is 3. The number of nitrogens with one attached hydrogen (secondary N) is 1. The maximum absolute atomic E-state index is 13.0. The molecule has 0 amide bonds. The van der Waals surface area contributed by atoms with Gasteiger partial charge in [-0.25, -0.2) is 4.39 Å². The van der Waals surface area contributed by atoms with Crippen LogP contribution in [0.15, 0.2) is 72.8 Å². The zero-order valence-corrected chi connectivity index (χ0v) is 15.5. The minimum Gasteiger partial charge on any atom is -0.493 e. The maximum Gasteiger partial charge on any atom is 0.165 e. The van der Waals surface area contributed by atoms with Gasteiger partial charge in [-0.2, -0.15) is 0 Å². The number of hydrogen-bond donors (Lipinski definition) is 1. The summed E-state index contributed by atoms with van der Waals surface area (Å²) in [6.45, 7) is 1.87. The first kappa shape index (κ1) is 18.9. The molecule has 0 spiro atoms. The van der Waals surface area contributed by atoms with Gasteiger partial charge >= 0.3 is 0 Å². The van der Waals surface area contributed by atoms with Crippen LogP contribution in [0.4, 0.5) is 4.39 Å². The summed E-state index contributed by atoms with van der Waals surface area (Å²) in [5.41, 5.74) is 3.30. The average Bonchev–Trinajstić information content (AvgIpc) is 2.71. The number of halogens is 1. The predicted octanol–water partition coefficient (Wildman–Crippen LogP) is 4.75. The molecule has 0 aliphatic rings. The number of ether oxygens (including phenoxy) is 2. The molecule has 1 N–H and O–H groups in total. The largest absolute Gasteiger partial charge is 0.493 e. The highest BCUT2D eigenvalue weighted by Crippen LogP contribution is 2.31. The molecule has 0 fully saturated rings. The lowest BCUT2D eigenvalue weighted by molar-refractivity contribution is 0.293. The molecule has 4 heteroatoms. The van der Waals surface area contributed by atoms with E-state index < -0.39 is 0 Å². The topological polar surface area (TPSA) is 30.5 Å². The Morgan fingerprint density at radius 3 is 2.33 bits per heavy atom. The Kier molecular flexibility index (Phi) is 6.83. The van der Waals surface area contributed by atoms with Crippen molar-refractivity contribution in [2.45, 2.75) is 19.5 Å². The number of rotatable bonds is 9. The minimum atomic E-state index is -0.222. The van der Waals surface area contributed by atoms with Gasteiger partial charge in [0.15, 0.2) is 11.5 Å². The third-order valence-corrected chi connectivity index (χ3v) is 4.32. The van der Waals surface area contributed by atoms with Crippen LogP contribution in [0.5, 0.6) is 11.5 Å². The molecule has 0 aromatic heterocycles. The quantitative estimate of drug-likeness (QED) is 0.594. The molecule has 0 saturated heterocycles. The monoisotopic (exact) mass is 365 g/mol. The molecule has 0 atom stereocenters. The van der Waals surface area contributed by atoms with E-state index in [1.165, 1.54) is 17.7 Å². The van der Waals surface area contributed by atoms with Crippen molar-refractivity contribution in [3.63, 3.8) is 0 Å². The summed E-state index contributed by atoms with van der Waals surface area (Å²) >= 11 is 0. The summed E-state index contributed by atoms with van der Waals surface area (Å²) in [6, 6.07) is 22.7. The average molecular weight is 365 g/mol. The SMILES string of the molecule is COc1cccc(CNCc2ccc(F)cc2)c1OCCc1ccccc1. The molecule has 0 aliphatic heterocycles. The second-order valence-electron chi connectivity index (χ2n) is 6.26. The number of hydrogen-bond acceptors (Lipinski definition) is 3. The highest BCUT2D eigenvalue weighted by Gasteiger charge is 2.10. The van der Waals surface area contributed by atoms with Crippen LogP contribution in [0.3, 0.4) is 0 Å². The van der Waals surface area contributed by atoms with Crippen LogP contribution in [0.1, 0.15) is 16.7 Å². The van der Waals surface area contributed by atoms with Crippen LogP contribution < -0.4 is 14.8 Å². The van der Waals surface area contributed by atoms with E-state index in [-0.39, 0.29) is 5.82 Å². The van der Waals surface area contributed by atoms with Crippen molar-refractivity contribution in [2.24, 2.45) is 0 Å². The van der Waals surface area contributed by atoms with Crippen LogP contribution in [0.25, 0.3) is 0 Å². The van der Waals surface area contributed by atoms with E-state index in [1.807, 2.05) is 36.4 Å². The smallest absolute Gasteiger partial charge is 0.165 e. The third-order valence-electron chi connectivity index (χ3n) is 4.32. The van der Waals surface area contributed by atoms with Gasteiger partial charge < -0.3 is 14.8 Å². The van der Waals surface area contributed by atoms with E-state index >= 15 is 0 Å². The fourth-order valence-corrected chi connectivity index (χ4v) is 2.88. The van der Waals surface area contributed by atoms with Crippen LogP contribution in [0, 0.1) is 5.82 Å². The molecule has 27 heavy (non-hydrogen) atoms. The molecule has 3 aromatic carbocycles. The molecule has 140 valence electrons. The van der Waals surface area contributed by atoms with Crippen molar-refractivity contribution in [3.8, 4) is 11.5 Å². The second-order valence-corrected chi connectivity index (χ2v) is 6.26. The normalized spacial score (nSPS) is 10.6. The lowest BCUT2D eigenvalue weighted by Gasteiger charge is -2.16. The fourth-order valence-electron chi connectivity index (χ4n) is 2.88. The predicted molar refractivity (Wildman–Crippen MR) is 106 cm³/mol. The Hall–Kier alpha value is -2.85. The lowest BCUT2D eigenvalue weighted by atomic mass is 10.1. The van der Waals surface area contributed by atoms with Crippen LogP contribution in [-0.2, 0) is 19.5 Å². The maximum atomic E-state index is 13.0. The van der Waals surface area contributed by atoms with Crippen LogP contribution in [-0.4, -0.2) is 13.7 Å². The van der Waals surface area contributed by atoms with Gasteiger partial charge in [-0.05, 0) is 29.3 Å². The first-order valence-corrected chi connectivity index (χ1v) is 9.04. The zero-order valence-electron chi connectivity index (χ0n) is 15.5. The lowest BCUT2D eigenvalue weighted by Crippen LogP contribution is -2.14. The summed E-state index contributed by atoms with van der Waals surface area (Å²) in [7, 11) is 1.65. The Morgan fingerprint density at radius 1 is 0.815 bits per heavy atom. The van der Waals surface area contributed by atoms with Crippen molar-refractivity contribution in [1.29, 1.82) is 0 Å². The summed E-state index contributed by atoms with van der Waals surface area (Å²) < 4.78 is 24.5. The van der Waals surface area contributed by atoms with Crippen molar-refractivity contribution >= 4 is 0 Å². The fraction of sp³-hybridized carbons (Fsp3) is 0.217. The molecule has 3 aromatic rings. The summed E-state index contributed by atoms with van der Waals surface area (Å²) in [5.74, 6) is 1.27. The molecule has 0 saturated carbocycles. The molecule has 3 rings (SSSR count). The van der Waals surface area contributed by atoms with E-state index in [1.54, 1.807) is 19.2 Å². The van der Waals surface area contributed by atoms with Gasteiger partial charge in [0.25, 0.3) is 0 Å². The molecule has 0 bridgehead atoms. The minimum absolute atomic E-state index is 0.222. The van der Waals surface area contributed by atoms with Gasteiger partial charge in [0.05, 0.1) is 13.7 Å². The highest BCUT2D eigenvalue weighted by molar-refractivity contribution is 5.46. The summed E-state index contributed by atoms with van der Waals surface area (Å²) in [4.78, 5) is 0. The van der Waals surface area contributed by atoms with Gasteiger partial charge in [0.2, 0.25) is 0 Å². The zero-order chi connectivity index (χ0) is 18.9. The standard InChI is InChI=1S/C23H24FNO2/c1-26-22-9-5-8-20(17-25-16-19-10-12-21(24)13-11-19)23(22)27-15-14-18-6-3-2-4-7-18/h2-13,25H,14-17H2,1H3. The Bertz CT molecular complexity index is 835. The van der Waals surface area contributed by atoms with Crippen molar-refractivity contribution in [1.82, 2.24) is 5.32 Å². The third kappa shape index (κ3) is 5.56. The van der Waals surface area contributed by atoms with E-state index in [0.29, 0.717) is 19.7 Å². The first-order valence-electron chi connectivity index (χ1n) is 9.04. The second kappa shape index (κ2) is 9.74. The highest BCUT2D eigenvalue weighted by atomic mass is 19.1. The van der Waals surface area contributed by atoms with Crippen molar-refractivity contribution in [2.75, 3.05) is 13.7 Å². The van der Waals surface area contributed by atoms with Gasteiger partial charge in [0.1, 0.15) is 5.82 Å². The molecule has 0 aliphatic carbocycles. The van der Waals surface area contributed by atoms with Crippen LogP contribution in [0.2, 0.25) is 0 Å². The molecule has 0 unspecified atom stereocenters. The molecular formula is C23H24FNO2. The van der Waals surface area contributed by atoms with E-state index in [4.69, 9.17) is 9.47 Å². The summed E-state index contributed by atoms with van der Waals surface area (Å²) in [5, 5.41) is 3.38. The first-order chi connectivity index (χ1) is 13.3. The molecule has 0 heterocycles. The molecular weight excluding hydrogens is 341 g/mol. The van der Waals surface area contributed by atoms with Gasteiger partial charge in [-0.15, -0.1) is 0 Å². The Labute approximate surface area is 159 Å². The van der Waals surface area contributed by atoms with E-state index in [2.05, 4.69) is 17.4 Å². The Morgan fingerprint density at radius 2 is 1.59 bits per heavy atom. The van der Waals surface area contributed by atoms with Gasteiger partial charge in [-0.3, -0.25) is 0 Å². The van der Waals surface area contributed by atoms with Crippen LogP contribution >= 0.6 is 0 Å². The number of para-hydroxylation sites is 1. The molecule has 0 radical (unpaired) electrons. The van der Waals surface area contributed by atoms with Gasteiger partial charge in [-0.1, -0.05) is 54.6 Å². The number of methoxy groups -OCH3 is 1. The van der Waals surface area contributed by atoms with E-state index in [0.717, 1.165) is 29.0 Å². The van der Waals surface area contributed by atoms with Crippen molar-refractivity contribution in [3.05, 3.63) is 95.3 Å². The van der Waals surface area contributed by atoms with Crippen molar-refractivity contribution < 1.29 is 13.9 Å². The van der Waals surface area contributed by atoms with E-state index in [9.17, 15) is 4.39 Å². The van der Waals surface area contributed by atoms with Gasteiger partial charge in [0, 0.05) is 25.1 Å².